The first-order valence-corrected chi connectivity index (χ1v) is 9.43. The van der Waals surface area contributed by atoms with E-state index in [1.54, 1.807) is 24.3 Å². The molecule has 0 aromatic heterocycles. The lowest BCUT2D eigenvalue weighted by molar-refractivity contribution is -0.117. The third-order valence-electron chi connectivity index (χ3n) is 4.15. The van der Waals surface area contributed by atoms with Crippen molar-refractivity contribution in [1.29, 1.82) is 5.26 Å². The summed E-state index contributed by atoms with van der Waals surface area (Å²) in [6.45, 7) is 0.760. The zero-order valence-corrected chi connectivity index (χ0v) is 16.4. The van der Waals surface area contributed by atoms with Crippen LogP contribution < -0.4 is 10.1 Å². The highest BCUT2D eigenvalue weighted by Crippen LogP contribution is 2.17. The maximum atomic E-state index is 12.4. The molecule has 0 atom stereocenters. The Balaban J connectivity index is 1.64. The predicted molar refractivity (Wildman–Crippen MR) is 114 cm³/mol. The van der Waals surface area contributed by atoms with Gasteiger partial charge in [0.25, 0.3) is 5.91 Å². The van der Waals surface area contributed by atoms with Crippen LogP contribution in [0.3, 0.4) is 0 Å². The fourth-order valence-electron chi connectivity index (χ4n) is 2.63. The number of nitriles is 1. The number of nitrogens with zero attached hydrogens (tertiary/aromatic N) is 1. The van der Waals surface area contributed by atoms with Crippen LogP contribution in [0.1, 0.15) is 16.7 Å². The summed E-state index contributed by atoms with van der Waals surface area (Å²) in [5.74, 6) is 0.236. The molecule has 4 nitrogen and oxygen atoms in total. The van der Waals surface area contributed by atoms with Crippen molar-refractivity contribution in [2.45, 2.75) is 13.2 Å². The van der Waals surface area contributed by atoms with Crippen molar-refractivity contribution in [2.24, 2.45) is 0 Å². The molecule has 3 aromatic rings. The van der Waals surface area contributed by atoms with Crippen LogP contribution >= 0.6 is 11.6 Å². The van der Waals surface area contributed by atoms with Crippen LogP contribution in [0.15, 0.2) is 84.4 Å². The third kappa shape index (κ3) is 6.24. The second-order valence-electron chi connectivity index (χ2n) is 6.33. The van der Waals surface area contributed by atoms with Gasteiger partial charge in [-0.2, -0.15) is 5.26 Å². The van der Waals surface area contributed by atoms with Crippen LogP contribution in [0.25, 0.3) is 6.08 Å². The highest BCUT2D eigenvalue weighted by molar-refractivity contribution is 6.30. The number of hydrogen-bond acceptors (Lipinski definition) is 3. The van der Waals surface area contributed by atoms with E-state index in [1.807, 2.05) is 66.7 Å². The molecule has 0 heterocycles. The molecule has 0 saturated carbocycles. The molecule has 1 amide bonds. The average molecular weight is 403 g/mol. The summed E-state index contributed by atoms with van der Waals surface area (Å²) < 4.78 is 5.80. The van der Waals surface area contributed by atoms with Crippen LogP contribution in [0.4, 0.5) is 0 Å². The van der Waals surface area contributed by atoms with Crippen molar-refractivity contribution in [3.05, 3.63) is 106 Å². The molecule has 0 aliphatic carbocycles. The van der Waals surface area contributed by atoms with Crippen LogP contribution in [-0.4, -0.2) is 5.91 Å². The number of carbonyl (C=O) groups is 1. The summed E-state index contributed by atoms with van der Waals surface area (Å²) in [5.41, 5.74) is 2.71. The van der Waals surface area contributed by atoms with E-state index in [-0.39, 0.29) is 5.57 Å². The molecule has 0 aliphatic heterocycles. The molecule has 3 aromatic carbocycles. The summed E-state index contributed by atoms with van der Waals surface area (Å²) in [6.07, 6.45) is 1.55. The standard InChI is InChI=1S/C24H19ClN2O2/c25-22-11-9-18(10-12-22)16-27-24(28)21(15-26)13-20-7-4-8-23(14-20)29-17-19-5-2-1-3-6-19/h1-14H,16-17H2,(H,27,28)/b21-13+. The van der Waals surface area contributed by atoms with Gasteiger partial charge in [-0.3, -0.25) is 4.79 Å². The van der Waals surface area contributed by atoms with Gasteiger partial charge in [0.15, 0.2) is 0 Å². The molecule has 29 heavy (non-hydrogen) atoms. The first kappa shape index (κ1) is 20.2. The van der Waals surface area contributed by atoms with Crippen LogP contribution in [0, 0.1) is 11.3 Å². The summed E-state index contributed by atoms with van der Waals surface area (Å²) in [5, 5.41) is 12.8. The molecule has 0 spiro atoms. The van der Waals surface area contributed by atoms with E-state index in [9.17, 15) is 10.1 Å². The smallest absolute Gasteiger partial charge is 0.262 e. The maximum absolute atomic E-state index is 12.4. The lowest BCUT2D eigenvalue weighted by Gasteiger charge is -2.07. The molecule has 3 rings (SSSR count). The Bertz CT molecular complexity index is 1040. The summed E-state index contributed by atoms with van der Waals surface area (Å²) in [7, 11) is 0. The van der Waals surface area contributed by atoms with Gasteiger partial charge in [-0.25, -0.2) is 0 Å². The fourth-order valence-corrected chi connectivity index (χ4v) is 2.76. The fraction of sp³-hybridized carbons (Fsp3) is 0.0833. The molecule has 0 fully saturated rings. The Hall–Kier alpha value is -3.55. The van der Waals surface area contributed by atoms with Crippen molar-refractivity contribution in [2.75, 3.05) is 0 Å². The van der Waals surface area contributed by atoms with Crippen molar-refractivity contribution in [3.63, 3.8) is 0 Å². The van der Waals surface area contributed by atoms with Gasteiger partial charge in [0.1, 0.15) is 24.0 Å². The number of hydrogen-bond donors (Lipinski definition) is 1. The van der Waals surface area contributed by atoms with Crippen molar-refractivity contribution in [3.8, 4) is 11.8 Å². The molecule has 0 aliphatic rings. The quantitative estimate of drug-likeness (QED) is 0.439. The lowest BCUT2D eigenvalue weighted by atomic mass is 10.1. The minimum Gasteiger partial charge on any atom is -0.489 e. The number of benzene rings is 3. The minimum absolute atomic E-state index is 0.0270. The van der Waals surface area contributed by atoms with Crippen molar-refractivity contribution >= 4 is 23.6 Å². The number of rotatable bonds is 7. The Morgan fingerprint density at radius 3 is 2.48 bits per heavy atom. The van der Waals surface area contributed by atoms with E-state index < -0.39 is 5.91 Å². The van der Waals surface area contributed by atoms with Crippen molar-refractivity contribution < 1.29 is 9.53 Å². The van der Waals surface area contributed by atoms with Gasteiger partial charge in [-0.05, 0) is 47.0 Å². The molecule has 0 saturated heterocycles. The van der Waals surface area contributed by atoms with E-state index in [4.69, 9.17) is 16.3 Å². The topological polar surface area (TPSA) is 62.1 Å². The Morgan fingerprint density at radius 2 is 1.76 bits per heavy atom. The molecule has 1 N–H and O–H groups in total. The summed E-state index contributed by atoms with van der Waals surface area (Å²) in [6, 6.07) is 26.3. The Kier molecular flexibility index (Phi) is 7.05. The number of carbonyl (C=O) groups excluding carboxylic acids is 1. The first-order chi connectivity index (χ1) is 14.1. The van der Waals surface area contributed by atoms with E-state index in [0.717, 1.165) is 11.1 Å². The molecular formula is C24H19ClN2O2. The SMILES string of the molecule is N#C/C(=C\c1cccc(OCc2ccccc2)c1)C(=O)NCc1ccc(Cl)cc1. The molecule has 0 unspecified atom stereocenters. The van der Waals surface area contributed by atoms with Crippen LogP contribution in [-0.2, 0) is 17.9 Å². The molecule has 0 radical (unpaired) electrons. The minimum atomic E-state index is -0.432. The Labute approximate surface area is 175 Å². The predicted octanol–water partition coefficient (Wildman–Crippen LogP) is 5.14. The van der Waals surface area contributed by atoms with Gasteiger partial charge >= 0.3 is 0 Å². The number of nitrogens with one attached hydrogen (secondary N) is 1. The maximum Gasteiger partial charge on any atom is 0.262 e. The van der Waals surface area contributed by atoms with Crippen LogP contribution in [0.5, 0.6) is 5.75 Å². The normalized spacial score (nSPS) is 10.8. The number of ether oxygens (including phenoxy) is 1. The van der Waals surface area contributed by atoms with E-state index in [0.29, 0.717) is 29.5 Å². The average Bonchev–Trinajstić information content (AvgIpc) is 2.76. The molecule has 5 heteroatoms. The second-order valence-corrected chi connectivity index (χ2v) is 6.76. The summed E-state index contributed by atoms with van der Waals surface area (Å²) in [4.78, 5) is 12.4. The molecule has 144 valence electrons. The largest absolute Gasteiger partial charge is 0.489 e. The van der Waals surface area contributed by atoms with E-state index in [1.165, 1.54) is 0 Å². The second kappa shape index (κ2) is 10.1. The van der Waals surface area contributed by atoms with Gasteiger partial charge in [0.05, 0.1) is 0 Å². The van der Waals surface area contributed by atoms with Gasteiger partial charge in [-0.15, -0.1) is 0 Å². The van der Waals surface area contributed by atoms with Crippen LogP contribution in [0.2, 0.25) is 5.02 Å². The van der Waals surface area contributed by atoms with E-state index in [2.05, 4.69) is 5.32 Å². The summed E-state index contributed by atoms with van der Waals surface area (Å²) >= 11 is 5.86. The van der Waals surface area contributed by atoms with Gasteiger partial charge in [-0.1, -0.05) is 66.2 Å². The van der Waals surface area contributed by atoms with Crippen molar-refractivity contribution in [1.82, 2.24) is 5.32 Å². The first-order valence-electron chi connectivity index (χ1n) is 9.05. The Morgan fingerprint density at radius 1 is 1.00 bits per heavy atom. The monoisotopic (exact) mass is 402 g/mol. The highest BCUT2D eigenvalue weighted by Gasteiger charge is 2.09. The van der Waals surface area contributed by atoms with Gasteiger partial charge in [0, 0.05) is 11.6 Å². The number of halogens is 1. The molecular weight excluding hydrogens is 384 g/mol. The van der Waals surface area contributed by atoms with Gasteiger partial charge in [0.2, 0.25) is 0 Å². The van der Waals surface area contributed by atoms with Gasteiger partial charge < -0.3 is 10.1 Å². The lowest BCUT2D eigenvalue weighted by Crippen LogP contribution is -2.23. The number of amides is 1. The van der Waals surface area contributed by atoms with E-state index >= 15 is 0 Å². The highest BCUT2D eigenvalue weighted by atomic mass is 35.5. The molecule has 0 bridgehead atoms. The third-order valence-corrected chi connectivity index (χ3v) is 4.40. The zero-order valence-electron chi connectivity index (χ0n) is 15.6. The zero-order chi connectivity index (χ0) is 20.5.